The highest BCUT2D eigenvalue weighted by atomic mass is 32.1. The largest absolute Gasteiger partial charge is 0.494 e. The number of rotatable bonds is 24. The molecule has 3 saturated heterocycles. The molecule has 0 saturated carbocycles. The third kappa shape index (κ3) is 14.4. The van der Waals surface area contributed by atoms with Gasteiger partial charge in [-0.1, -0.05) is 12.1 Å². The van der Waals surface area contributed by atoms with Crippen molar-refractivity contribution >= 4 is 99.8 Å². The van der Waals surface area contributed by atoms with Crippen LogP contribution in [-0.2, 0) is 42.1 Å². The van der Waals surface area contributed by atoms with E-state index in [1.54, 1.807) is 56.7 Å². The van der Waals surface area contributed by atoms with Crippen LogP contribution in [0.2, 0.25) is 0 Å². The van der Waals surface area contributed by atoms with E-state index in [-0.39, 0.29) is 88.3 Å². The summed E-state index contributed by atoms with van der Waals surface area (Å²) in [5.74, 6) is -0.502. The standard InChI is InChI=1S/C64H72N8O10S2/c73-59(19-21-63(77)81-45-71-55-43-49(15-11-47(55)13-17-61(71)75)79-39-3-1-25-65-27-31-67(32-28-65)53-7-5-9-57-51(53)23-41-83-57)69-35-37-70(38-36-69)60(74)20-22-64(78)82-46-72-56-44-50(16-12-48(56)14-18-62(72)76)80-40-4-2-26-66-29-33-68(34-30-66)54-8-6-10-58-52(54)24-42-84-58/h5-18,23-24,41-44H,1-4,19-22,25-40,45-46H2. The summed E-state index contributed by atoms with van der Waals surface area (Å²) in [6.07, 6.45) is 3.23. The van der Waals surface area contributed by atoms with Gasteiger partial charge in [-0.3, -0.25) is 47.7 Å². The molecule has 18 nitrogen and oxygen atoms in total. The molecule has 0 N–H and O–H groups in total. The molecule has 11 rings (SSSR count). The van der Waals surface area contributed by atoms with Gasteiger partial charge in [0.05, 0.1) is 37.1 Å². The van der Waals surface area contributed by atoms with Crippen LogP contribution in [0, 0.1) is 0 Å². The number of thiophene rings is 2. The summed E-state index contributed by atoms with van der Waals surface area (Å²) in [5, 5.41) is 8.56. The van der Waals surface area contributed by atoms with E-state index in [0.29, 0.717) is 35.7 Å². The zero-order chi connectivity index (χ0) is 57.8. The van der Waals surface area contributed by atoms with E-state index in [1.807, 2.05) is 24.3 Å². The normalized spacial score (nSPS) is 15.3. The second-order valence-electron chi connectivity index (χ2n) is 21.7. The lowest BCUT2D eigenvalue weighted by Crippen LogP contribution is -2.50. The number of aromatic nitrogens is 2. The number of carbonyl (C=O) groups excluding carboxylic acids is 4. The van der Waals surface area contributed by atoms with Gasteiger partial charge < -0.3 is 38.5 Å². The molecule has 84 heavy (non-hydrogen) atoms. The van der Waals surface area contributed by atoms with Crippen LogP contribution in [0.4, 0.5) is 11.4 Å². The van der Waals surface area contributed by atoms with Crippen LogP contribution in [0.25, 0.3) is 42.0 Å². The van der Waals surface area contributed by atoms with Gasteiger partial charge in [0.1, 0.15) is 11.5 Å². The summed E-state index contributed by atoms with van der Waals surface area (Å²) in [5.41, 5.74) is 3.12. The van der Waals surface area contributed by atoms with Crippen LogP contribution in [0.5, 0.6) is 11.5 Å². The first-order valence-electron chi connectivity index (χ1n) is 29.4. The summed E-state index contributed by atoms with van der Waals surface area (Å²) >= 11 is 3.56. The van der Waals surface area contributed by atoms with E-state index in [1.165, 1.54) is 52.8 Å². The lowest BCUT2D eigenvalue weighted by atomic mass is 10.2. The van der Waals surface area contributed by atoms with Gasteiger partial charge in [0.25, 0.3) is 11.1 Å². The highest BCUT2D eigenvalue weighted by Gasteiger charge is 2.26. The first-order valence-corrected chi connectivity index (χ1v) is 31.1. The minimum absolute atomic E-state index is 0.0916. The van der Waals surface area contributed by atoms with Crippen molar-refractivity contribution in [3.05, 3.63) is 141 Å². The molecule has 0 atom stereocenters. The van der Waals surface area contributed by atoms with Gasteiger partial charge in [-0.25, -0.2) is 0 Å². The maximum Gasteiger partial charge on any atom is 0.308 e. The zero-order valence-corrected chi connectivity index (χ0v) is 49.0. The number of carbonyl (C=O) groups is 4. The third-order valence-electron chi connectivity index (χ3n) is 16.4. The van der Waals surface area contributed by atoms with Crippen molar-refractivity contribution in [3.8, 4) is 11.5 Å². The van der Waals surface area contributed by atoms with E-state index < -0.39 is 11.9 Å². The SMILES string of the molecule is O=C(CCC(=O)N1CCN(C(=O)CCC(=O)OCn2c(=O)ccc3ccc(OCCCCN4CCN(c5cccc6sccc56)CC4)cc32)CC1)OCn1c(=O)ccc2ccc(OCCCCN3CCN(c4cccc5sccc45)CC3)cc21. The average molecular weight is 1180 g/mol. The van der Waals surface area contributed by atoms with E-state index in [2.05, 4.69) is 78.9 Å². The van der Waals surface area contributed by atoms with E-state index in [0.717, 1.165) is 102 Å². The van der Waals surface area contributed by atoms with Crippen molar-refractivity contribution in [1.82, 2.24) is 28.7 Å². The van der Waals surface area contributed by atoms with Gasteiger partial charge in [0.2, 0.25) is 11.8 Å². The zero-order valence-electron chi connectivity index (χ0n) is 47.4. The number of pyridine rings is 2. The fourth-order valence-electron chi connectivity index (χ4n) is 11.5. The summed E-state index contributed by atoms with van der Waals surface area (Å²) in [6, 6.07) is 34.9. The summed E-state index contributed by atoms with van der Waals surface area (Å²) in [7, 11) is 0. The second kappa shape index (κ2) is 27.7. The van der Waals surface area contributed by atoms with Crippen molar-refractivity contribution < 1.29 is 38.1 Å². The molecular weight excluding hydrogens is 1100 g/mol. The molecule has 4 aromatic carbocycles. The highest BCUT2D eigenvalue weighted by molar-refractivity contribution is 7.17. The number of esters is 2. The first-order chi connectivity index (χ1) is 41.1. The van der Waals surface area contributed by atoms with Crippen LogP contribution in [0.3, 0.4) is 0 Å². The molecule has 8 aromatic rings. The number of hydrogen-bond donors (Lipinski definition) is 0. The number of nitrogens with zero attached hydrogens (tertiary/aromatic N) is 8. The molecule has 0 radical (unpaired) electrons. The molecule has 7 heterocycles. The van der Waals surface area contributed by atoms with Crippen molar-refractivity contribution in [1.29, 1.82) is 0 Å². The second-order valence-corrected chi connectivity index (χ2v) is 23.6. The number of fused-ring (bicyclic) bond motifs is 4. The molecule has 0 bridgehead atoms. The smallest absolute Gasteiger partial charge is 0.308 e. The maximum atomic E-state index is 13.2. The van der Waals surface area contributed by atoms with Gasteiger partial charge in [0, 0.05) is 147 Å². The molecular formula is C64H72N8O10S2. The summed E-state index contributed by atoms with van der Waals surface area (Å²) in [4.78, 5) is 91.4. The Hall–Kier alpha value is -7.78. The average Bonchev–Trinajstić information content (AvgIpc) is 4.34. The fraction of sp³-hybridized carbons (Fsp3) is 0.406. The Kier molecular flexibility index (Phi) is 19.2. The Morgan fingerprint density at radius 3 is 1.29 bits per heavy atom. The number of piperazine rings is 3. The Morgan fingerprint density at radius 1 is 0.440 bits per heavy atom. The number of anilines is 2. The third-order valence-corrected chi connectivity index (χ3v) is 18.1. The molecule has 3 fully saturated rings. The minimum atomic E-state index is -0.619. The predicted molar refractivity (Wildman–Crippen MR) is 331 cm³/mol. The molecule has 0 spiro atoms. The molecule has 3 aliphatic heterocycles. The fourth-order valence-corrected chi connectivity index (χ4v) is 13.1. The van der Waals surface area contributed by atoms with Gasteiger partial charge in [-0.05, 0) is 133 Å². The lowest BCUT2D eigenvalue weighted by Gasteiger charge is -2.36. The summed E-state index contributed by atoms with van der Waals surface area (Å²) < 4.78 is 28.7. The maximum absolute atomic E-state index is 13.2. The van der Waals surface area contributed by atoms with E-state index in [9.17, 15) is 28.8 Å². The van der Waals surface area contributed by atoms with Crippen molar-refractivity contribution in [3.63, 3.8) is 0 Å². The molecule has 4 aromatic heterocycles. The Balaban J connectivity index is 0.551. The van der Waals surface area contributed by atoms with Crippen molar-refractivity contribution in [2.45, 2.75) is 64.8 Å². The molecule has 0 unspecified atom stereocenters. The van der Waals surface area contributed by atoms with Crippen molar-refractivity contribution in [2.24, 2.45) is 0 Å². The number of ether oxygens (including phenoxy) is 4. The quantitative estimate of drug-likeness (QED) is 0.0416. The molecule has 440 valence electrons. The number of unbranched alkanes of at least 4 members (excludes halogenated alkanes) is 2. The Bertz CT molecular complexity index is 3480. The van der Waals surface area contributed by atoms with Crippen LogP contribution in [-0.4, -0.2) is 157 Å². The van der Waals surface area contributed by atoms with E-state index in [4.69, 9.17) is 18.9 Å². The predicted octanol–water partition coefficient (Wildman–Crippen LogP) is 8.64. The molecule has 2 amide bonds. The monoisotopic (exact) mass is 1180 g/mol. The van der Waals surface area contributed by atoms with Crippen molar-refractivity contribution in [2.75, 3.05) is 115 Å². The van der Waals surface area contributed by atoms with Gasteiger partial charge in [-0.2, -0.15) is 0 Å². The molecule has 20 heteroatoms. The van der Waals surface area contributed by atoms with Gasteiger partial charge >= 0.3 is 11.9 Å². The van der Waals surface area contributed by atoms with Crippen LogP contribution < -0.4 is 30.4 Å². The first kappa shape index (κ1) is 58.0. The number of amides is 2. The van der Waals surface area contributed by atoms with Crippen LogP contribution >= 0.6 is 22.7 Å². The summed E-state index contributed by atoms with van der Waals surface area (Å²) in [6.45, 7) is 11.6. The Labute approximate surface area is 495 Å². The van der Waals surface area contributed by atoms with Crippen LogP contribution in [0.1, 0.15) is 51.4 Å². The highest BCUT2D eigenvalue weighted by Crippen LogP contribution is 2.33. The van der Waals surface area contributed by atoms with Gasteiger partial charge in [-0.15, -0.1) is 22.7 Å². The topological polar surface area (TPSA) is 169 Å². The van der Waals surface area contributed by atoms with Crippen LogP contribution in [0.15, 0.2) is 130 Å². The molecule has 3 aliphatic rings. The Morgan fingerprint density at radius 2 is 0.857 bits per heavy atom. The number of hydrogen-bond acceptors (Lipinski definition) is 16. The molecule has 0 aliphatic carbocycles. The minimum Gasteiger partial charge on any atom is -0.494 e. The van der Waals surface area contributed by atoms with Gasteiger partial charge in [0.15, 0.2) is 13.5 Å². The number of benzene rings is 4. The lowest BCUT2D eigenvalue weighted by molar-refractivity contribution is -0.151. The van der Waals surface area contributed by atoms with E-state index >= 15 is 0 Å².